The lowest BCUT2D eigenvalue weighted by Gasteiger charge is -2.00. The summed E-state index contributed by atoms with van der Waals surface area (Å²) in [5.41, 5.74) is 1.60. The molecule has 0 saturated heterocycles. The Morgan fingerprint density at radius 3 is 2.57 bits per heavy atom. The molecule has 0 aliphatic rings. The Kier molecular flexibility index (Phi) is 4.40. The summed E-state index contributed by atoms with van der Waals surface area (Å²) in [4.78, 5) is 11.2. The summed E-state index contributed by atoms with van der Waals surface area (Å²) in [6.45, 7) is 0. The molecule has 0 aromatic heterocycles. The van der Waals surface area contributed by atoms with E-state index >= 15 is 0 Å². The van der Waals surface area contributed by atoms with E-state index in [1.807, 2.05) is 30.3 Å². The zero-order valence-corrected chi connectivity index (χ0v) is 9.45. The first kappa shape index (κ1) is 11.0. The van der Waals surface area contributed by atoms with Crippen molar-refractivity contribution in [2.45, 2.75) is 0 Å². The number of esters is 1. The van der Waals surface area contributed by atoms with E-state index in [1.165, 1.54) is 7.11 Å². The van der Waals surface area contributed by atoms with Gasteiger partial charge in [0.25, 0.3) is 0 Å². The predicted molar refractivity (Wildman–Crippen MR) is 60.2 cm³/mol. The minimum atomic E-state index is -0.300. The number of benzene rings is 1. The van der Waals surface area contributed by atoms with E-state index in [0.717, 1.165) is 5.56 Å². The first-order valence-electron chi connectivity index (χ1n) is 4.18. The minimum absolute atomic E-state index is 0.300. The Morgan fingerprint density at radius 2 is 2.07 bits per heavy atom. The number of halogens is 1. The molecule has 0 amide bonds. The van der Waals surface area contributed by atoms with Crippen LogP contribution < -0.4 is 0 Å². The van der Waals surface area contributed by atoms with Crippen LogP contribution in [0.15, 0.2) is 35.9 Å². The quantitative estimate of drug-likeness (QED) is 0.471. The normalized spacial score (nSPS) is 11.1. The van der Waals surface area contributed by atoms with Crippen LogP contribution in [-0.2, 0) is 9.53 Å². The van der Waals surface area contributed by atoms with Gasteiger partial charge in [-0.25, -0.2) is 4.79 Å². The van der Waals surface area contributed by atoms with Gasteiger partial charge in [-0.2, -0.15) is 0 Å². The van der Waals surface area contributed by atoms with Crippen molar-refractivity contribution in [1.82, 2.24) is 0 Å². The number of rotatable bonds is 3. The Morgan fingerprint density at radius 1 is 1.43 bits per heavy atom. The molecule has 14 heavy (non-hydrogen) atoms. The highest BCUT2D eigenvalue weighted by Crippen LogP contribution is 2.09. The van der Waals surface area contributed by atoms with E-state index in [2.05, 4.69) is 20.7 Å². The number of methoxy groups -OCH3 is 1. The van der Waals surface area contributed by atoms with Crippen molar-refractivity contribution in [1.29, 1.82) is 0 Å². The average Bonchev–Trinajstić information content (AvgIpc) is 2.26. The molecule has 1 aromatic carbocycles. The molecule has 0 bridgehead atoms. The van der Waals surface area contributed by atoms with Crippen LogP contribution in [0, 0.1) is 0 Å². The molecule has 74 valence electrons. The molecule has 0 atom stereocenters. The lowest BCUT2D eigenvalue weighted by molar-refractivity contribution is -0.135. The second kappa shape index (κ2) is 5.60. The molecule has 0 radical (unpaired) electrons. The summed E-state index contributed by atoms with van der Waals surface area (Å²) in [6.07, 6.45) is 1.81. The van der Waals surface area contributed by atoms with Gasteiger partial charge in [0.05, 0.1) is 7.11 Å². The molecular formula is C11H11BrO2. The molecule has 0 saturated carbocycles. The number of carbonyl (C=O) groups excluding carboxylic acids is 1. The van der Waals surface area contributed by atoms with Crippen LogP contribution in [0.2, 0.25) is 0 Å². The van der Waals surface area contributed by atoms with Crippen molar-refractivity contribution in [3.63, 3.8) is 0 Å². The van der Waals surface area contributed by atoms with Crippen molar-refractivity contribution in [2.75, 3.05) is 12.4 Å². The zero-order valence-electron chi connectivity index (χ0n) is 7.87. The fourth-order valence-corrected chi connectivity index (χ4v) is 1.42. The second-order valence-electron chi connectivity index (χ2n) is 2.71. The number of alkyl halides is 1. The highest BCUT2D eigenvalue weighted by Gasteiger charge is 2.06. The van der Waals surface area contributed by atoms with Gasteiger partial charge in [0.15, 0.2) is 0 Å². The second-order valence-corrected chi connectivity index (χ2v) is 3.27. The summed E-state index contributed by atoms with van der Waals surface area (Å²) in [7, 11) is 1.38. The Bertz CT molecular complexity index is 330. The largest absolute Gasteiger partial charge is 0.466 e. The first-order chi connectivity index (χ1) is 6.77. The summed E-state index contributed by atoms with van der Waals surface area (Å²) < 4.78 is 4.64. The highest BCUT2D eigenvalue weighted by atomic mass is 79.9. The third kappa shape index (κ3) is 3.00. The van der Waals surface area contributed by atoms with E-state index in [-0.39, 0.29) is 5.97 Å². The Hall–Kier alpha value is -1.09. The molecular weight excluding hydrogens is 244 g/mol. The van der Waals surface area contributed by atoms with Gasteiger partial charge in [-0.15, -0.1) is 0 Å². The summed E-state index contributed by atoms with van der Waals surface area (Å²) in [5.74, 6) is -0.300. The minimum Gasteiger partial charge on any atom is -0.466 e. The zero-order chi connectivity index (χ0) is 10.4. The molecule has 0 N–H and O–H groups in total. The Balaban J connectivity index is 2.89. The number of carbonyl (C=O) groups is 1. The van der Waals surface area contributed by atoms with Crippen LogP contribution in [0.25, 0.3) is 6.08 Å². The van der Waals surface area contributed by atoms with E-state index < -0.39 is 0 Å². The van der Waals surface area contributed by atoms with Gasteiger partial charge in [0, 0.05) is 10.9 Å². The predicted octanol–water partition coefficient (Wildman–Crippen LogP) is 2.64. The van der Waals surface area contributed by atoms with Crippen LogP contribution in [0.4, 0.5) is 0 Å². The van der Waals surface area contributed by atoms with Crippen LogP contribution in [0.1, 0.15) is 5.56 Å². The molecule has 2 nitrogen and oxygen atoms in total. The molecule has 0 aliphatic carbocycles. The molecule has 0 spiro atoms. The maximum atomic E-state index is 11.2. The molecule has 0 aliphatic heterocycles. The van der Waals surface area contributed by atoms with Gasteiger partial charge in [0.2, 0.25) is 0 Å². The maximum absolute atomic E-state index is 11.2. The number of hydrogen-bond donors (Lipinski definition) is 0. The van der Waals surface area contributed by atoms with Gasteiger partial charge in [-0.3, -0.25) is 0 Å². The molecule has 0 fully saturated rings. The van der Waals surface area contributed by atoms with Crippen molar-refractivity contribution in [2.24, 2.45) is 0 Å². The van der Waals surface area contributed by atoms with Gasteiger partial charge in [-0.1, -0.05) is 46.3 Å². The summed E-state index contributed by atoms with van der Waals surface area (Å²) in [5, 5.41) is 0.495. The highest BCUT2D eigenvalue weighted by molar-refractivity contribution is 9.09. The Labute approximate surface area is 91.7 Å². The standard InChI is InChI=1S/C11H11BrO2/c1-14-11(13)10(8-12)7-9-5-3-2-4-6-9/h2-7H,8H2,1H3/b10-7-. The van der Waals surface area contributed by atoms with Crippen LogP contribution >= 0.6 is 15.9 Å². The summed E-state index contributed by atoms with van der Waals surface area (Å²) >= 11 is 3.25. The van der Waals surface area contributed by atoms with Gasteiger partial charge < -0.3 is 4.74 Å². The van der Waals surface area contributed by atoms with Crippen LogP contribution in [-0.4, -0.2) is 18.4 Å². The van der Waals surface area contributed by atoms with Crippen molar-refractivity contribution < 1.29 is 9.53 Å². The lowest BCUT2D eigenvalue weighted by atomic mass is 10.1. The van der Waals surface area contributed by atoms with E-state index in [9.17, 15) is 4.79 Å². The van der Waals surface area contributed by atoms with Crippen molar-refractivity contribution >= 4 is 28.0 Å². The fourth-order valence-electron chi connectivity index (χ4n) is 1.03. The number of ether oxygens (including phenoxy) is 1. The van der Waals surface area contributed by atoms with Crippen LogP contribution in [0.5, 0.6) is 0 Å². The topological polar surface area (TPSA) is 26.3 Å². The smallest absolute Gasteiger partial charge is 0.334 e. The average molecular weight is 255 g/mol. The third-order valence-electron chi connectivity index (χ3n) is 1.73. The third-order valence-corrected chi connectivity index (χ3v) is 2.34. The van der Waals surface area contributed by atoms with E-state index in [1.54, 1.807) is 6.08 Å². The molecule has 3 heteroatoms. The lowest BCUT2D eigenvalue weighted by Crippen LogP contribution is -2.05. The number of hydrogen-bond acceptors (Lipinski definition) is 2. The maximum Gasteiger partial charge on any atom is 0.334 e. The summed E-state index contributed by atoms with van der Waals surface area (Å²) in [6, 6.07) is 9.66. The first-order valence-corrected chi connectivity index (χ1v) is 5.30. The molecule has 1 rings (SSSR count). The van der Waals surface area contributed by atoms with Crippen molar-refractivity contribution in [3.05, 3.63) is 41.5 Å². The molecule has 0 unspecified atom stereocenters. The monoisotopic (exact) mass is 254 g/mol. The SMILES string of the molecule is COC(=O)/C(=C\c1ccccc1)CBr. The van der Waals surface area contributed by atoms with Gasteiger partial charge in [-0.05, 0) is 11.6 Å². The molecule has 0 heterocycles. The van der Waals surface area contributed by atoms with Gasteiger partial charge >= 0.3 is 5.97 Å². The van der Waals surface area contributed by atoms with E-state index in [0.29, 0.717) is 10.9 Å². The molecule has 1 aromatic rings. The fraction of sp³-hybridized carbons (Fsp3) is 0.182. The van der Waals surface area contributed by atoms with Crippen molar-refractivity contribution in [3.8, 4) is 0 Å². The van der Waals surface area contributed by atoms with Crippen LogP contribution in [0.3, 0.4) is 0 Å². The van der Waals surface area contributed by atoms with E-state index in [4.69, 9.17) is 0 Å². The van der Waals surface area contributed by atoms with Gasteiger partial charge in [0.1, 0.15) is 0 Å².